The van der Waals surface area contributed by atoms with Crippen LogP contribution in [-0.2, 0) is 20.0 Å². The van der Waals surface area contributed by atoms with E-state index in [-0.39, 0.29) is 11.5 Å². The second-order valence-electron chi connectivity index (χ2n) is 7.28. The second-order valence-corrected chi connectivity index (χ2v) is 7.28. The molecule has 1 aromatic carbocycles. The molecule has 1 aliphatic rings. The quantitative estimate of drug-likeness (QED) is 0.585. The standard InChI is InChI=1S/C22H19N5O2/c1-26-12-16-13-27(9-8-17-7-6-14-4-2-3-5-18(14)25-17)22(29)20(16)19(21(26)28)15-10-23-24-11-15/h2-7,10-12H,8-9,13H2,1H3,(H,23,24). The van der Waals surface area contributed by atoms with Crippen molar-refractivity contribution in [2.45, 2.75) is 13.0 Å². The Kier molecular flexibility index (Phi) is 4.01. The number of rotatable bonds is 4. The van der Waals surface area contributed by atoms with Gasteiger partial charge in [0.1, 0.15) is 0 Å². The molecule has 0 saturated carbocycles. The fourth-order valence-electron chi connectivity index (χ4n) is 3.93. The molecule has 0 bridgehead atoms. The molecule has 144 valence electrons. The monoisotopic (exact) mass is 385 g/mol. The number of benzene rings is 1. The van der Waals surface area contributed by atoms with Crippen molar-refractivity contribution in [3.63, 3.8) is 0 Å². The van der Waals surface area contributed by atoms with Gasteiger partial charge in [-0.05, 0) is 12.1 Å². The largest absolute Gasteiger partial charge is 0.334 e. The van der Waals surface area contributed by atoms with Gasteiger partial charge in [0.05, 0.1) is 22.8 Å². The molecule has 29 heavy (non-hydrogen) atoms. The number of carbonyl (C=O) groups is 1. The maximum atomic E-state index is 13.1. The lowest BCUT2D eigenvalue weighted by atomic mass is 10.0. The number of pyridine rings is 2. The smallest absolute Gasteiger partial charge is 0.259 e. The van der Waals surface area contributed by atoms with Gasteiger partial charge >= 0.3 is 0 Å². The summed E-state index contributed by atoms with van der Waals surface area (Å²) in [6.45, 7) is 1.03. The van der Waals surface area contributed by atoms with Crippen LogP contribution < -0.4 is 5.56 Å². The number of aromatic amines is 1. The molecule has 0 unspecified atom stereocenters. The predicted octanol–water partition coefficient (Wildman–Crippen LogP) is 2.52. The second kappa shape index (κ2) is 6.70. The summed E-state index contributed by atoms with van der Waals surface area (Å²) in [5.74, 6) is -0.116. The summed E-state index contributed by atoms with van der Waals surface area (Å²) in [5, 5.41) is 7.75. The molecule has 3 aromatic heterocycles. The SMILES string of the molecule is Cn1cc2c(c(-c3cn[nH]c3)c1=O)C(=O)N(CCc1ccc3ccccc3n1)C2. The van der Waals surface area contributed by atoms with E-state index in [9.17, 15) is 9.59 Å². The van der Waals surface area contributed by atoms with Crippen molar-refractivity contribution in [1.82, 2.24) is 24.6 Å². The Balaban J connectivity index is 1.43. The van der Waals surface area contributed by atoms with Crippen LogP contribution in [0.25, 0.3) is 22.0 Å². The average Bonchev–Trinajstić information content (AvgIpc) is 3.36. The molecule has 4 aromatic rings. The van der Waals surface area contributed by atoms with Gasteiger partial charge in [-0.15, -0.1) is 0 Å². The van der Waals surface area contributed by atoms with Crippen molar-refractivity contribution in [1.29, 1.82) is 0 Å². The Bertz CT molecular complexity index is 1290. The van der Waals surface area contributed by atoms with Gasteiger partial charge < -0.3 is 9.47 Å². The highest BCUT2D eigenvalue weighted by Gasteiger charge is 2.32. The van der Waals surface area contributed by atoms with Crippen molar-refractivity contribution in [3.8, 4) is 11.1 Å². The molecule has 1 amide bonds. The third kappa shape index (κ3) is 2.91. The van der Waals surface area contributed by atoms with Crippen LogP contribution in [0, 0.1) is 0 Å². The van der Waals surface area contributed by atoms with E-state index in [2.05, 4.69) is 16.3 Å². The van der Waals surface area contributed by atoms with E-state index in [0.29, 0.717) is 36.2 Å². The van der Waals surface area contributed by atoms with Crippen LogP contribution in [0.3, 0.4) is 0 Å². The summed E-state index contributed by atoms with van der Waals surface area (Å²) in [7, 11) is 1.71. The molecule has 0 atom stereocenters. The number of nitrogens with one attached hydrogen (secondary N) is 1. The first-order chi connectivity index (χ1) is 14.1. The third-order valence-electron chi connectivity index (χ3n) is 5.40. The van der Waals surface area contributed by atoms with Gasteiger partial charge in [-0.3, -0.25) is 19.7 Å². The molecular formula is C22H19N5O2. The molecule has 1 N–H and O–H groups in total. The molecule has 7 nitrogen and oxygen atoms in total. The first kappa shape index (κ1) is 17.4. The van der Waals surface area contributed by atoms with Crippen molar-refractivity contribution >= 4 is 16.8 Å². The number of H-pyrrole nitrogens is 1. The van der Waals surface area contributed by atoms with Gasteiger partial charge in [0.25, 0.3) is 11.5 Å². The molecule has 0 spiro atoms. The molecule has 0 saturated heterocycles. The fourth-order valence-corrected chi connectivity index (χ4v) is 3.93. The number of aryl methyl sites for hydroxylation is 1. The highest BCUT2D eigenvalue weighted by Crippen LogP contribution is 2.29. The predicted molar refractivity (Wildman–Crippen MR) is 109 cm³/mol. The zero-order valence-corrected chi connectivity index (χ0v) is 15.9. The number of hydrogen-bond donors (Lipinski definition) is 1. The molecule has 5 rings (SSSR count). The van der Waals surface area contributed by atoms with Crippen LogP contribution >= 0.6 is 0 Å². The van der Waals surface area contributed by atoms with Crippen molar-refractivity contribution in [3.05, 3.63) is 82.2 Å². The van der Waals surface area contributed by atoms with E-state index in [4.69, 9.17) is 4.98 Å². The first-order valence-electron chi connectivity index (χ1n) is 9.47. The Hall–Kier alpha value is -3.74. The van der Waals surface area contributed by atoms with Gasteiger partial charge in [0.15, 0.2) is 0 Å². The molecule has 0 fully saturated rings. The van der Waals surface area contributed by atoms with Gasteiger partial charge in [-0.25, -0.2) is 0 Å². The van der Waals surface area contributed by atoms with Crippen LogP contribution in [0.2, 0.25) is 0 Å². The summed E-state index contributed by atoms with van der Waals surface area (Å²) in [4.78, 5) is 32.3. The Labute approximate surface area is 166 Å². The van der Waals surface area contributed by atoms with Crippen molar-refractivity contribution in [2.24, 2.45) is 7.05 Å². The van der Waals surface area contributed by atoms with E-state index >= 15 is 0 Å². The topological polar surface area (TPSA) is 83.9 Å². The van der Waals surface area contributed by atoms with Gasteiger partial charge in [-0.1, -0.05) is 24.3 Å². The van der Waals surface area contributed by atoms with E-state index < -0.39 is 0 Å². The van der Waals surface area contributed by atoms with E-state index in [1.807, 2.05) is 30.3 Å². The highest BCUT2D eigenvalue weighted by atomic mass is 16.2. The lowest BCUT2D eigenvalue weighted by Gasteiger charge is -2.15. The molecule has 7 heteroatoms. The van der Waals surface area contributed by atoms with Crippen LogP contribution in [-0.4, -0.2) is 37.1 Å². The van der Waals surface area contributed by atoms with Crippen LogP contribution in [0.15, 0.2) is 59.8 Å². The van der Waals surface area contributed by atoms with Crippen molar-refractivity contribution < 1.29 is 4.79 Å². The number of hydrogen-bond acceptors (Lipinski definition) is 4. The summed E-state index contributed by atoms with van der Waals surface area (Å²) in [5.41, 5.74) is 4.09. The maximum Gasteiger partial charge on any atom is 0.259 e. The zero-order valence-electron chi connectivity index (χ0n) is 15.9. The third-order valence-corrected chi connectivity index (χ3v) is 5.40. The molecular weight excluding hydrogens is 366 g/mol. The van der Waals surface area contributed by atoms with Gasteiger partial charge in [0.2, 0.25) is 0 Å². The average molecular weight is 385 g/mol. The van der Waals surface area contributed by atoms with Crippen molar-refractivity contribution in [2.75, 3.05) is 6.54 Å². The lowest BCUT2D eigenvalue weighted by molar-refractivity contribution is 0.0780. The number of nitrogens with zero attached hydrogens (tertiary/aromatic N) is 4. The molecule has 0 aliphatic carbocycles. The number of para-hydroxylation sites is 1. The van der Waals surface area contributed by atoms with Gasteiger partial charge in [0, 0.05) is 61.2 Å². The van der Waals surface area contributed by atoms with E-state index in [1.165, 1.54) is 4.57 Å². The summed E-state index contributed by atoms with van der Waals surface area (Å²) in [6.07, 6.45) is 5.63. The highest BCUT2D eigenvalue weighted by molar-refractivity contribution is 6.04. The number of fused-ring (bicyclic) bond motifs is 2. The van der Waals surface area contributed by atoms with E-state index in [1.54, 1.807) is 30.5 Å². The molecule has 0 radical (unpaired) electrons. The number of carbonyl (C=O) groups excluding carboxylic acids is 1. The Morgan fingerprint density at radius 1 is 1.10 bits per heavy atom. The van der Waals surface area contributed by atoms with Crippen LogP contribution in [0.1, 0.15) is 21.6 Å². The fraction of sp³-hybridized carbons (Fsp3) is 0.182. The van der Waals surface area contributed by atoms with Crippen LogP contribution in [0.5, 0.6) is 0 Å². The van der Waals surface area contributed by atoms with E-state index in [0.717, 1.165) is 22.2 Å². The minimum atomic E-state index is -0.198. The summed E-state index contributed by atoms with van der Waals surface area (Å²) < 4.78 is 1.53. The Morgan fingerprint density at radius 2 is 1.97 bits per heavy atom. The number of amides is 1. The zero-order chi connectivity index (χ0) is 20.0. The summed E-state index contributed by atoms with van der Waals surface area (Å²) in [6, 6.07) is 12.0. The Morgan fingerprint density at radius 3 is 2.79 bits per heavy atom. The molecule has 4 heterocycles. The minimum Gasteiger partial charge on any atom is -0.334 e. The molecule has 1 aliphatic heterocycles. The summed E-state index contributed by atoms with van der Waals surface area (Å²) >= 11 is 0. The van der Waals surface area contributed by atoms with Crippen LogP contribution in [0.4, 0.5) is 0 Å². The normalized spacial score (nSPS) is 13.3. The number of aromatic nitrogens is 4. The minimum absolute atomic E-state index is 0.116. The van der Waals surface area contributed by atoms with Gasteiger partial charge in [-0.2, -0.15) is 5.10 Å². The maximum absolute atomic E-state index is 13.1. The first-order valence-corrected chi connectivity index (χ1v) is 9.47. The lowest BCUT2D eigenvalue weighted by Crippen LogP contribution is -2.27.